The molecule has 6 heteroatoms. The Bertz CT molecular complexity index is 504. The number of rotatable bonds is 3. The van der Waals surface area contributed by atoms with Gasteiger partial charge in [-0.05, 0) is 25.8 Å². The van der Waals surface area contributed by atoms with Gasteiger partial charge in [0.05, 0.1) is 24.3 Å². The molecule has 0 unspecified atom stereocenters. The van der Waals surface area contributed by atoms with Gasteiger partial charge in [-0.15, -0.1) is 0 Å². The standard InChI is InChI=1S/C14H18N2O4/c1-2-20-14(19)10-4-3-5-16(9-10)13(18)11-6-12(17)8-15-7-11/h6-8,10,17H,2-5,9H2,1H3/t10-/m1/s1. The lowest BCUT2D eigenvalue weighted by atomic mass is 9.97. The molecule has 1 saturated heterocycles. The molecule has 0 aliphatic carbocycles. The summed E-state index contributed by atoms with van der Waals surface area (Å²) in [6.07, 6.45) is 4.19. The molecular formula is C14H18N2O4. The fourth-order valence-electron chi connectivity index (χ4n) is 2.34. The minimum absolute atomic E-state index is 0.0465. The number of nitrogens with zero attached hydrogens (tertiary/aromatic N) is 2. The lowest BCUT2D eigenvalue weighted by molar-refractivity contribution is -0.149. The van der Waals surface area contributed by atoms with Gasteiger partial charge in [-0.3, -0.25) is 14.6 Å². The van der Waals surface area contributed by atoms with Gasteiger partial charge in [0.15, 0.2) is 0 Å². The van der Waals surface area contributed by atoms with Crippen LogP contribution < -0.4 is 0 Å². The highest BCUT2D eigenvalue weighted by molar-refractivity contribution is 5.94. The monoisotopic (exact) mass is 278 g/mol. The van der Waals surface area contributed by atoms with Crippen LogP contribution in [-0.2, 0) is 9.53 Å². The van der Waals surface area contributed by atoms with Gasteiger partial charge < -0.3 is 14.7 Å². The van der Waals surface area contributed by atoms with Crippen molar-refractivity contribution in [1.29, 1.82) is 0 Å². The Morgan fingerprint density at radius 3 is 3.00 bits per heavy atom. The third kappa shape index (κ3) is 3.26. The SMILES string of the molecule is CCOC(=O)[C@@H]1CCCN(C(=O)c2cncc(O)c2)C1. The molecule has 1 amide bonds. The number of pyridine rings is 1. The highest BCUT2D eigenvalue weighted by Crippen LogP contribution is 2.20. The van der Waals surface area contributed by atoms with Gasteiger partial charge in [-0.1, -0.05) is 0 Å². The molecular weight excluding hydrogens is 260 g/mol. The molecule has 1 aromatic heterocycles. The Morgan fingerprint density at radius 1 is 1.50 bits per heavy atom. The van der Waals surface area contributed by atoms with Gasteiger partial charge in [-0.2, -0.15) is 0 Å². The van der Waals surface area contributed by atoms with Crippen LogP contribution in [0.2, 0.25) is 0 Å². The summed E-state index contributed by atoms with van der Waals surface area (Å²) in [6, 6.07) is 1.38. The van der Waals surface area contributed by atoms with E-state index in [1.54, 1.807) is 11.8 Å². The van der Waals surface area contributed by atoms with Crippen LogP contribution in [0.3, 0.4) is 0 Å². The second kappa shape index (κ2) is 6.36. The highest BCUT2D eigenvalue weighted by atomic mass is 16.5. The van der Waals surface area contributed by atoms with Crippen molar-refractivity contribution in [1.82, 2.24) is 9.88 Å². The van der Waals surface area contributed by atoms with Crippen molar-refractivity contribution in [2.75, 3.05) is 19.7 Å². The molecule has 1 atom stereocenters. The van der Waals surface area contributed by atoms with Crippen molar-refractivity contribution in [3.63, 3.8) is 0 Å². The fourth-order valence-corrected chi connectivity index (χ4v) is 2.34. The molecule has 0 saturated carbocycles. The summed E-state index contributed by atoms with van der Waals surface area (Å²) in [7, 11) is 0. The first kappa shape index (κ1) is 14.3. The third-order valence-electron chi connectivity index (χ3n) is 3.30. The summed E-state index contributed by atoms with van der Waals surface area (Å²) in [6.45, 7) is 3.07. The van der Waals surface area contributed by atoms with Gasteiger partial charge in [0, 0.05) is 19.3 Å². The van der Waals surface area contributed by atoms with Crippen LogP contribution in [0.25, 0.3) is 0 Å². The van der Waals surface area contributed by atoms with Crippen LogP contribution in [0.1, 0.15) is 30.1 Å². The van der Waals surface area contributed by atoms with Crippen molar-refractivity contribution in [3.05, 3.63) is 24.0 Å². The van der Waals surface area contributed by atoms with E-state index in [0.717, 1.165) is 12.8 Å². The van der Waals surface area contributed by atoms with Crippen LogP contribution in [-0.4, -0.2) is 46.6 Å². The van der Waals surface area contributed by atoms with Crippen LogP contribution >= 0.6 is 0 Å². The van der Waals surface area contributed by atoms with Crippen LogP contribution in [0.15, 0.2) is 18.5 Å². The van der Waals surface area contributed by atoms with Gasteiger partial charge in [0.25, 0.3) is 5.91 Å². The number of likely N-dealkylation sites (tertiary alicyclic amines) is 1. The van der Waals surface area contributed by atoms with Gasteiger partial charge in [0.2, 0.25) is 0 Å². The lowest BCUT2D eigenvalue weighted by Gasteiger charge is -2.31. The summed E-state index contributed by atoms with van der Waals surface area (Å²) >= 11 is 0. The molecule has 6 nitrogen and oxygen atoms in total. The molecule has 1 aliphatic rings. The minimum Gasteiger partial charge on any atom is -0.506 e. The first-order valence-electron chi connectivity index (χ1n) is 6.71. The zero-order chi connectivity index (χ0) is 14.5. The molecule has 1 fully saturated rings. The van der Waals surface area contributed by atoms with Crippen molar-refractivity contribution < 1.29 is 19.4 Å². The average molecular weight is 278 g/mol. The summed E-state index contributed by atoms with van der Waals surface area (Å²) in [5, 5.41) is 9.36. The maximum atomic E-state index is 12.3. The fraction of sp³-hybridized carbons (Fsp3) is 0.500. The van der Waals surface area contributed by atoms with E-state index >= 15 is 0 Å². The zero-order valence-corrected chi connectivity index (χ0v) is 11.4. The predicted octanol–water partition coefficient (Wildman–Crippen LogP) is 1.20. The predicted molar refractivity (Wildman–Crippen MR) is 71.2 cm³/mol. The van der Waals surface area contributed by atoms with E-state index in [-0.39, 0.29) is 23.5 Å². The summed E-state index contributed by atoms with van der Waals surface area (Å²) in [5.41, 5.74) is 0.328. The average Bonchev–Trinajstić information content (AvgIpc) is 2.47. The summed E-state index contributed by atoms with van der Waals surface area (Å²) < 4.78 is 5.01. The number of ether oxygens (including phenoxy) is 1. The molecule has 20 heavy (non-hydrogen) atoms. The van der Waals surface area contributed by atoms with Crippen LogP contribution in [0, 0.1) is 5.92 Å². The Balaban J connectivity index is 2.05. The van der Waals surface area contributed by atoms with Gasteiger partial charge >= 0.3 is 5.97 Å². The summed E-state index contributed by atoms with van der Waals surface area (Å²) in [5.74, 6) is -0.783. The highest BCUT2D eigenvalue weighted by Gasteiger charge is 2.29. The second-order valence-electron chi connectivity index (χ2n) is 4.77. The molecule has 0 bridgehead atoms. The van der Waals surface area contributed by atoms with Gasteiger partial charge in [0.1, 0.15) is 5.75 Å². The Morgan fingerprint density at radius 2 is 2.30 bits per heavy atom. The van der Waals surface area contributed by atoms with E-state index in [0.29, 0.717) is 25.3 Å². The smallest absolute Gasteiger partial charge is 0.310 e. The number of piperidine rings is 1. The molecule has 2 rings (SSSR count). The number of aromatic nitrogens is 1. The Kier molecular flexibility index (Phi) is 4.55. The van der Waals surface area contributed by atoms with Crippen molar-refractivity contribution in [2.24, 2.45) is 5.92 Å². The quantitative estimate of drug-likeness (QED) is 0.840. The van der Waals surface area contributed by atoms with E-state index in [9.17, 15) is 14.7 Å². The minimum atomic E-state index is -0.266. The number of hydrogen-bond donors (Lipinski definition) is 1. The van der Waals surface area contributed by atoms with Crippen molar-refractivity contribution in [2.45, 2.75) is 19.8 Å². The molecule has 1 N–H and O–H groups in total. The van der Waals surface area contributed by atoms with Crippen LogP contribution in [0.5, 0.6) is 5.75 Å². The number of carbonyl (C=O) groups excluding carboxylic acids is 2. The maximum absolute atomic E-state index is 12.3. The first-order chi connectivity index (χ1) is 9.61. The van der Waals surface area contributed by atoms with Gasteiger partial charge in [-0.25, -0.2) is 0 Å². The Labute approximate surface area is 117 Å². The number of amides is 1. The maximum Gasteiger partial charge on any atom is 0.310 e. The van der Waals surface area contributed by atoms with E-state index in [1.807, 2.05) is 0 Å². The van der Waals surface area contributed by atoms with E-state index in [2.05, 4.69) is 4.98 Å². The lowest BCUT2D eigenvalue weighted by Crippen LogP contribution is -2.42. The van der Waals surface area contributed by atoms with E-state index in [4.69, 9.17) is 4.74 Å². The first-order valence-corrected chi connectivity index (χ1v) is 6.71. The normalized spacial score (nSPS) is 18.6. The van der Waals surface area contributed by atoms with E-state index < -0.39 is 0 Å². The van der Waals surface area contributed by atoms with E-state index in [1.165, 1.54) is 18.5 Å². The molecule has 2 heterocycles. The van der Waals surface area contributed by atoms with Crippen LogP contribution in [0.4, 0.5) is 0 Å². The third-order valence-corrected chi connectivity index (χ3v) is 3.30. The number of aromatic hydroxyl groups is 1. The molecule has 0 radical (unpaired) electrons. The van der Waals surface area contributed by atoms with Crippen molar-refractivity contribution in [3.8, 4) is 5.75 Å². The number of hydrogen-bond acceptors (Lipinski definition) is 5. The van der Waals surface area contributed by atoms with Crippen molar-refractivity contribution >= 4 is 11.9 Å². The molecule has 108 valence electrons. The molecule has 1 aliphatic heterocycles. The number of esters is 1. The summed E-state index contributed by atoms with van der Waals surface area (Å²) in [4.78, 5) is 29.5. The topological polar surface area (TPSA) is 79.7 Å². The molecule has 0 spiro atoms. The zero-order valence-electron chi connectivity index (χ0n) is 11.4. The largest absolute Gasteiger partial charge is 0.506 e. The molecule has 1 aromatic rings. The Hall–Kier alpha value is -2.11. The number of carbonyl (C=O) groups is 2. The molecule has 0 aromatic carbocycles. The second-order valence-corrected chi connectivity index (χ2v) is 4.77.